The fraction of sp³-hybridized carbons (Fsp3) is 0.438. The first-order valence-corrected chi connectivity index (χ1v) is 7.20. The van der Waals surface area contributed by atoms with E-state index in [1.165, 1.54) is 0 Å². The van der Waals surface area contributed by atoms with E-state index >= 15 is 0 Å². The molecule has 1 aromatic carbocycles. The molecular formula is C16H22N2O2. The van der Waals surface area contributed by atoms with Gasteiger partial charge < -0.3 is 10.1 Å². The van der Waals surface area contributed by atoms with Crippen LogP contribution in [0.1, 0.15) is 38.7 Å². The standard InChI is InChI=1S/C16H22N2O2/c1-3-5-12-20-15(19)18-16(4-2)11-10-13-8-6-7-9-14(13)17-16/h6-11,17H,3-5,12H2,1-2H3,(H,18,19). The third-order valence-electron chi connectivity index (χ3n) is 3.48. The fourth-order valence-electron chi connectivity index (χ4n) is 2.17. The molecule has 2 rings (SSSR count). The lowest BCUT2D eigenvalue weighted by molar-refractivity contribution is 0.137. The minimum Gasteiger partial charge on any atom is -0.450 e. The van der Waals surface area contributed by atoms with Crippen LogP contribution in [0.4, 0.5) is 10.5 Å². The molecule has 0 aliphatic carbocycles. The van der Waals surface area contributed by atoms with Crippen LogP contribution in [0.3, 0.4) is 0 Å². The zero-order valence-electron chi connectivity index (χ0n) is 12.1. The molecule has 0 bridgehead atoms. The smallest absolute Gasteiger partial charge is 0.409 e. The molecule has 1 aliphatic heterocycles. The van der Waals surface area contributed by atoms with Crippen LogP contribution in [0.5, 0.6) is 0 Å². The van der Waals surface area contributed by atoms with Crippen LogP contribution in [0.25, 0.3) is 6.08 Å². The first-order valence-electron chi connectivity index (χ1n) is 7.20. The Morgan fingerprint density at radius 1 is 1.35 bits per heavy atom. The molecule has 0 aromatic heterocycles. The first kappa shape index (κ1) is 14.4. The Morgan fingerprint density at radius 2 is 2.15 bits per heavy atom. The van der Waals surface area contributed by atoms with Crippen LogP contribution in [0, 0.1) is 0 Å². The number of carbonyl (C=O) groups excluding carboxylic acids is 1. The van der Waals surface area contributed by atoms with E-state index in [4.69, 9.17) is 4.74 Å². The zero-order valence-corrected chi connectivity index (χ0v) is 12.1. The van der Waals surface area contributed by atoms with Crippen LogP contribution >= 0.6 is 0 Å². The van der Waals surface area contributed by atoms with Gasteiger partial charge in [-0.05, 0) is 30.5 Å². The molecule has 1 atom stereocenters. The number of para-hydroxylation sites is 1. The predicted octanol–water partition coefficient (Wildman–Crippen LogP) is 3.76. The second-order valence-corrected chi connectivity index (χ2v) is 4.98. The Labute approximate surface area is 120 Å². The van der Waals surface area contributed by atoms with Crippen molar-refractivity contribution < 1.29 is 9.53 Å². The highest BCUT2D eigenvalue weighted by molar-refractivity contribution is 5.76. The third-order valence-corrected chi connectivity index (χ3v) is 3.48. The summed E-state index contributed by atoms with van der Waals surface area (Å²) in [6, 6.07) is 8.02. The lowest BCUT2D eigenvalue weighted by atomic mass is 9.98. The van der Waals surface area contributed by atoms with Crippen LogP contribution in [0.15, 0.2) is 30.3 Å². The van der Waals surface area contributed by atoms with E-state index in [1.54, 1.807) is 0 Å². The van der Waals surface area contributed by atoms with Crippen LogP contribution in [-0.4, -0.2) is 18.4 Å². The summed E-state index contributed by atoms with van der Waals surface area (Å²) >= 11 is 0. The van der Waals surface area contributed by atoms with Gasteiger partial charge in [-0.1, -0.05) is 44.5 Å². The Hall–Kier alpha value is -1.97. The molecule has 1 unspecified atom stereocenters. The topological polar surface area (TPSA) is 50.4 Å². The van der Waals surface area contributed by atoms with Crippen molar-refractivity contribution in [3.8, 4) is 0 Å². The van der Waals surface area contributed by atoms with Gasteiger partial charge in [0.15, 0.2) is 0 Å². The average molecular weight is 274 g/mol. The molecule has 4 nitrogen and oxygen atoms in total. The highest BCUT2D eigenvalue weighted by Crippen LogP contribution is 2.28. The number of carbonyl (C=O) groups is 1. The number of nitrogens with one attached hydrogen (secondary N) is 2. The molecule has 0 radical (unpaired) electrons. The molecule has 20 heavy (non-hydrogen) atoms. The van der Waals surface area contributed by atoms with E-state index in [2.05, 4.69) is 17.6 Å². The summed E-state index contributed by atoms with van der Waals surface area (Å²) in [5.41, 5.74) is 1.57. The van der Waals surface area contributed by atoms with Gasteiger partial charge in [0.25, 0.3) is 0 Å². The highest BCUT2D eigenvalue weighted by atomic mass is 16.5. The summed E-state index contributed by atoms with van der Waals surface area (Å²) in [5, 5.41) is 6.31. The number of amides is 1. The number of alkyl carbamates (subject to hydrolysis) is 1. The molecule has 1 amide bonds. The van der Waals surface area contributed by atoms with Crippen molar-refractivity contribution in [2.24, 2.45) is 0 Å². The van der Waals surface area contributed by atoms with Gasteiger partial charge >= 0.3 is 6.09 Å². The van der Waals surface area contributed by atoms with Crippen molar-refractivity contribution in [2.45, 2.75) is 38.8 Å². The van der Waals surface area contributed by atoms with Gasteiger partial charge in [-0.3, -0.25) is 5.32 Å². The molecule has 2 N–H and O–H groups in total. The lowest BCUT2D eigenvalue weighted by Gasteiger charge is -2.35. The SMILES string of the molecule is CCCCOC(=O)NC1(CC)C=Cc2ccccc2N1. The molecule has 0 saturated heterocycles. The molecular weight excluding hydrogens is 252 g/mol. The Morgan fingerprint density at radius 3 is 2.90 bits per heavy atom. The van der Waals surface area contributed by atoms with Crippen molar-refractivity contribution in [3.05, 3.63) is 35.9 Å². The number of rotatable bonds is 5. The summed E-state index contributed by atoms with van der Waals surface area (Å²) in [7, 11) is 0. The number of benzene rings is 1. The molecule has 1 heterocycles. The van der Waals surface area contributed by atoms with Gasteiger partial charge in [-0.2, -0.15) is 0 Å². The van der Waals surface area contributed by atoms with Crippen LogP contribution in [-0.2, 0) is 4.74 Å². The molecule has 108 valence electrons. The van der Waals surface area contributed by atoms with Crippen LogP contribution in [0.2, 0.25) is 0 Å². The van der Waals surface area contributed by atoms with Gasteiger partial charge in [0.1, 0.15) is 5.66 Å². The van der Waals surface area contributed by atoms with E-state index in [9.17, 15) is 4.79 Å². The van der Waals surface area contributed by atoms with Crippen molar-refractivity contribution in [1.29, 1.82) is 0 Å². The van der Waals surface area contributed by atoms with Gasteiger partial charge in [-0.15, -0.1) is 0 Å². The van der Waals surface area contributed by atoms with Crippen molar-refractivity contribution in [1.82, 2.24) is 5.32 Å². The third kappa shape index (κ3) is 3.32. The number of anilines is 1. The minimum absolute atomic E-state index is 0.378. The van der Waals surface area contributed by atoms with E-state index in [1.807, 2.05) is 43.3 Å². The second-order valence-electron chi connectivity index (χ2n) is 4.98. The molecule has 1 aromatic rings. The van der Waals surface area contributed by atoms with E-state index in [0.29, 0.717) is 6.61 Å². The molecule has 4 heteroatoms. The Bertz CT molecular complexity index is 499. The second kappa shape index (κ2) is 6.46. The van der Waals surface area contributed by atoms with Crippen molar-refractivity contribution in [2.75, 3.05) is 11.9 Å². The molecule has 0 fully saturated rings. The fourth-order valence-corrected chi connectivity index (χ4v) is 2.17. The largest absolute Gasteiger partial charge is 0.450 e. The minimum atomic E-state index is -0.572. The van der Waals surface area contributed by atoms with Gasteiger partial charge in [0.05, 0.1) is 6.61 Å². The van der Waals surface area contributed by atoms with E-state index < -0.39 is 5.66 Å². The molecule has 1 aliphatic rings. The normalized spacial score (nSPS) is 19.9. The summed E-state index contributed by atoms with van der Waals surface area (Å²) in [5.74, 6) is 0. The van der Waals surface area contributed by atoms with Crippen molar-refractivity contribution >= 4 is 17.9 Å². The molecule has 0 saturated carbocycles. The maximum atomic E-state index is 11.9. The molecule has 0 spiro atoms. The average Bonchev–Trinajstić information content (AvgIpc) is 2.47. The Balaban J connectivity index is 2.03. The highest BCUT2D eigenvalue weighted by Gasteiger charge is 2.30. The number of fused-ring (bicyclic) bond motifs is 1. The lowest BCUT2D eigenvalue weighted by Crippen LogP contribution is -2.53. The summed E-state index contributed by atoms with van der Waals surface area (Å²) in [6.45, 7) is 4.55. The van der Waals surface area contributed by atoms with Gasteiger partial charge in [0, 0.05) is 5.69 Å². The Kier molecular flexibility index (Phi) is 4.66. The number of hydrogen-bond donors (Lipinski definition) is 2. The van der Waals surface area contributed by atoms with Crippen LogP contribution < -0.4 is 10.6 Å². The first-order chi connectivity index (χ1) is 9.69. The number of hydrogen-bond acceptors (Lipinski definition) is 3. The summed E-state index contributed by atoms with van der Waals surface area (Å²) in [6.07, 6.45) is 6.27. The van der Waals surface area contributed by atoms with E-state index in [-0.39, 0.29) is 6.09 Å². The maximum Gasteiger partial charge on any atom is 0.409 e. The van der Waals surface area contributed by atoms with Crippen molar-refractivity contribution in [3.63, 3.8) is 0 Å². The number of unbranched alkanes of at least 4 members (excludes halogenated alkanes) is 1. The van der Waals surface area contributed by atoms with E-state index in [0.717, 1.165) is 30.5 Å². The van der Waals surface area contributed by atoms with Gasteiger partial charge in [0.2, 0.25) is 0 Å². The number of ether oxygens (including phenoxy) is 1. The monoisotopic (exact) mass is 274 g/mol. The predicted molar refractivity (Wildman–Crippen MR) is 81.5 cm³/mol. The van der Waals surface area contributed by atoms with Gasteiger partial charge in [-0.25, -0.2) is 4.79 Å². The summed E-state index contributed by atoms with van der Waals surface area (Å²) in [4.78, 5) is 11.9. The maximum absolute atomic E-state index is 11.9. The quantitative estimate of drug-likeness (QED) is 0.804. The summed E-state index contributed by atoms with van der Waals surface area (Å²) < 4.78 is 5.18. The zero-order chi connectivity index (χ0) is 14.4.